The predicted molar refractivity (Wildman–Crippen MR) is 183 cm³/mol. The Labute approximate surface area is 285 Å². The minimum absolute atomic E-state index is 0.529. The number of furan rings is 1. The smallest absolute Gasteiger partial charge is 0.143 e. The summed E-state index contributed by atoms with van der Waals surface area (Å²) in [5, 5.41) is -4.98. The lowest BCUT2D eigenvalue weighted by Gasteiger charge is -2.17. The Hall–Kier alpha value is -5.66. The van der Waals surface area contributed by atoms with Crippen molar-refractivity contribution in [3.63, 3.8) is 0 Å². The third-order valence-corrected chi connectivity index (χ3v) is 7.00. The van der Waals surface area contributed by atoms with Crippen molar-refractivity contribution in [2.75, 3.05) is 0 Å². The van der Waals surface area contributed by atoms with Gasteiger partial charge in [0, 0.05) is 21.9 Å². The molecule has 0 bridgehead atoms. The minimum Gasteiger partial charge on any atom is -0.455 e. The first-order valence-corrected chi connectivity index (χ1v) is 12.7. The van der Waals surface area contributed by atoms with Gasteiger partial charge in [0.15, 0.2) is 0 Å². The van der Waals surface area contributed by atoms with Crippen molar-refractivity contribution in [1.29, 1.82) is 0 Å². The van der Waals surface area contributed by atoms with Gasteiger partial charge in [0.25, 0.3) is 0 Å². The summed E-state index contributed by atoms with van der Waals surface area (Å²) in [7, 11) is 0. The van der Waals surface area contributed by atoms with Crippen LogP contribution in [0.2, 0.25) is 0 Å². The maximum atomic E-state index is 9.45. The second kappa shape index (κ2) is 9.44. The lowest BCUT2D eigenvalue weighted by molar-refractivity contribution is 0.670. The van der Waals surface area contributed by atoms with Gasteiger partial charge in [-0.05, 0) is 66.7 Å². The third kappa shape index (κ3) is 3.65. The number of para-hydroxylation sites is 1. The summed E-state index contributed by atoms with van der Waals surface area (Å²) >= 11 is 0. The highest BCUT2D eigenvalue weighted by Gasteiger charge is 2.21. The molecule has 0 spiro atoms. The standard InChI is InChI=1S/C42H26O/c1-2-13-28(14-3-1)39-32-16-6-8-18-34(32)40(35-19-9-7-17-33(35)39)36-21-10-22-37-41-31(20-11-23-38(41)43-42(36)37)30-25-24-27-12-4-5-15-29(27)26-30/h1-26H/i1D,2D,3D,4D,5D,6D,7D,8D,9D,10D,11D,12D,13D,14D,15D,16D,17D,18D,19D,20D,21D,22D,23D,24D,25D,26D. The molecular weight excluding hydrogens is 520 g/mol. The molecule has 0 saturated heterocycles. The normalized spacial score (nSPS) is 20.2. The highest BCUT2D eigenvalue weighted by molar-refractivity contribution is 6.25. The van der Waals surface area contributed by atoms with Crippen LogP contribution in [0.25, 0.3) is 87.6 Å². The summed E-state index contributed by atoms with van der Waals surface area (Å²) in [5.74, 6) is 0. The number of benzene rings is 8. The van der Waals surface area contributed by atoms with E-state index in [-0.39, 0.29) is 0 Å². The van der Waals surface area contributed by atoms with Crippen LogP contribution in [0.1, 0.15) is 35.6 Å². The molecular formula is C42H26O. The van der Waals surface area contributed by atoms with Crippen molar-refractivity contribution >= 4 is 54.3 Å². The number of hydrogen-bond donors (Lipinski definition) is 0. The molecule has 0 fully saturated rings. The van der Waals surface area contributed by atoms with Gasteiger partial charge in [-0.15, -0.1) is 0 Å². The van der Waals surface area contributed by atoms with E-state index < -0.39 is 245 Å². The van der Waals surface area contributed by atoms with Crippen molar-refractivity contribution in [1.82, 2.24) is 0 Å². The van der Waals surface area contributed by atoms with E-state index in [0.717, 1.165) is 0 Å². The van der Waals surface area contributed by atoms with Gasteiger partial charge in [-0.1, -0.05) is 145 Å². The van der Waals surface area contributed by atoms with Crippen molar-refractivity contribution in [3.8, 4) is 33.4 Å². The molecule has 0 N–H and O–H groups in total. The van der Waals surface area contributed by atoms with Crippen LogP contribution >= 0.6 is 0 Å². The molecule has 0 aliphatic carbocycles. The molecule has 0 aliphatic heterocycles. The van der Waals surface area contributed by atoms with Crippen LogP contribution in [-0.2, 0) is 0 Å². The van der Waals surface area contributed by atoms with Gasteiger partial charge in [0.05, 0.1) is 35.6 Å². The van der Waals surface area contributed by atoms with Gasteiger partial charge in [0.1, 0.15) is 11.2 Å². The van der Waals surface area contributed by atoms with E-state index in [0.29, 0.717) is 0 Å². The van der Waals surface area contributed by atoms with Crippen molar-refractivity contribution in [2.24, 2.45) is 0 Å². The van der Waals surface area contributed by atoms with E-state index in [1.807, 2.05) is 0 Å². The zero-order valence-corrected chi connectivity index (χ0v) is 21.4. The molecule has 0 radical (unpaired) electrons. The van der Waals surface area contributed by atoms with E-state index in [1.165, 1.54) is 0 Å². The first-order valence-electron chi connectivity index (χ1n) is 25.7. The molecule has 0 atom stereocenters. The number of rotatable bonds is 3. The Morgan fingerprint density at radius 1 is 0.395 bits per heavy atom. The Kier molecular flexibility index (Phi) is 2.13. The average Bonchev–Trinajstić information content (AvgIpc) is 3.71. The molecule has 1 heterocycles. The van der Waals surface area contributed by atoms with Gasteiger partial charge in [-0.3, -0.25) is 0 Å². The van der Waals surface area contributed by atoms with Crippen LogP contribution in [-0.4, -0.2) is 0 Å². The monoisotopic (exact) mass is 572 g/mol. The zero-order chi connectivity index (χ0) is 51.0. The van der Waals surface area contributed by atoms with Gasteiger partial charge in [0.2, 0.25) is 0 Å². The first-order chi connectivity index (χ1) is 32.2. The number of fused-ring (bicyclic) bond motifs is 6. The van der Waals surface area contributed by atoms with Crippen LogP contribution in [0.3, 0.4) is 0 Å². The molecule has 0 aliphatic rings. The summed E-state index contributed by atoms with van der Waals surface area (Å²) in [6.07, 6.45) is 0. The summed E-state index contributed by atoms with van der Waals surface area (Å²) in [6, 6.07) is -23.5. The molecule has 43 heavy (non-hydrogen) atoms. The lowest BCUT2D eigenvalue weighted by Crippen LogP contribution is -1.91. The highest BCUT2D eigenvalue weighted by atomic mass is 16.3. The van der Waals surface area contributed by atoms with Crippen LogP contribution in [0.15, 0.2) is 162 Å². The molecule has 8 aromatic carbocycles. The molecule has 1 heteroatoms. The van der Waals surface area contributed by atoms with E-state index in [2.05, 4.69) is 0 Å². The number of hydrogen-bond acceptors (Lipinski definition) is 1. The molecule has 1 nitrogen and oxygen atoms in total. The SMILES string of the molecule is [2H]c1c([2H])c([2H])c(-c2c3c([2H])c([2H])c([2H])c([2H])c3c(-c3c([2H])c([2H])c([2H])c4c3oc3c([2H])c([2H])c([2H])c(-c5c([2H])c([2H])c6c([2H])c([2H])c([2H])c([2H])c6c5[2H])c34)c3c([2H])c([2H])c([2H])c([2H])c23)c([2H])c1[2H]. The second-order valence-electron chi connectivity index (χ2n) is 9.26. The topological polar surface area (TPSA) is 13.1 Å². The Balaban J connectivity index is 1.62. The van der Waals surface area contributed by atoms with Gasteiger partial charge < -0.3 is 4.42 Å². The van der Waals surface area contributed by atoms with Gasteiger partial charge in [-0.25, -0.2) is 0 Å². The van der Waals surface area contributed by atoms with Crippen molar-refractivity contribution in [3.05, 3.63) is 157 Å². The maximum absolute atomic E-state index is 9.45. The summed E-state index contributed by atoms with van der Waals surface area (Å²) in [4.78, 5) is 0. The molecule has 9 rings (SSSR count). The van der Waals surface area contributed by atoms with Crippen LogP contribution in [0.4, 0.5) is 0 Å². The van der Waals surface area contributed by atoms with Crippen LogP contribution < -0.4 is 0 Å². The van der Waals surface area contributed by atoms with E-state index in [4.69, 9.17) is 27.7 Å². The summed E-state index contributed by atoms with van der Waals surface area (Å²) < 4.78 is 238. The predicted octanol–water partition coefficient (Wildman–Crippen LogP) is 12.0. The minimum atomic E-state index is -0.997. The second-order valence-corrected chi connectivity index (χ2v) is 9.26. The van der Waals surface area contributed by atoms with Gasteiger partial charge >= 0.3 is 0 Å². The quantitative estimate of drug-likeness (QED) is 0.192. The maximum Gasteiger partial charge on any atom is 0.143 e. The summed E-state index contributed by atoms with van der Waals surface area (Å²) in [5.41, 5.74) is -5.58. The summed E-state index contributed by atoms with van der Waals surface area (Å²) in [6.45, 7) is 0. The van der Waals surface area contributed by atoms with Crippen molar-refractivity contribution < 1.29 is 40.1 Å². The lowest BCUT2D eigenvalue weighted by atomic mass is 9.85. The first kappa shape index (κ1) is 9.69. The molecule has 0 saturated carbocycles. The van der Waals surface area contributed by atoms with E-state index >= 15 is 0 Å². The Morgan fingerprint density at radius 2 is 0.977 bits per heavy atom. The molecule has 1 aromatic heterocycles. The fraction of sp³-hybridized carbons (Fsp3) is 0. The van der Waals surface area contributed by atoms with Crippen LogP contribution in [0, 0.1) is 0 Å². The fourth-order valence-corrected chi connectivity index (χ4v) is 5.25. The van der Waals surface area contributed by atoms with Crippen molar-refractivity contribution in [2.45, 2.75) is 0 Å². The average molecular weight is 573 g/mol. The Morgan fingerprint density at radius 3 is 1.72 bits per heavy atom. The molecule has 0 amide bonds. The largest absolute Gasteiger partial charge is 0.455 e. The third-order valence-electron chi connectivity index (χ3n) is 7.00. The highest BCUT2D eigenvalue weighted by Crippen LogP contribution is 2.47. The molecule has 9 aromatic rings. The molecule has 200 valence electrons. The van der Waals surface area contributed by atoms with E-state index in [9.17, 15) is 12.3 Å². The fourth-order valence-electron chi connectivity index (χ4n) is 5.25. The zero-order valence-electron chi connectivity index (χ0n) is 47.4. The molecule has 0 unspecified atom stereocenters. The van der Waals surface area contributed by atoms with E-state index in [1.54, 1.807) is 0 Å². The van der Waals surface area contributed by atoms with Crippen LogP contribution in [0.5, 0.6) is 0 Å². The Bertz CT molecular complexity index is 3860. The van der Waals surface area contributed by atoms with Gasteiger partial charge in [-0.2, -0.15) is 0 Å².